The first-order chi connectivity index (χ1) is 9.94. The molecule has 3 heterocycles. The van der Waals surface area contributed by atoms with Gasteiger partial charge in [-0.1, -0.05) is 6.07 Å². The molecule has 1 aliphatic heterocycles. The Morgan fingerprint density at radius 2 is 2.00 bits per heavy atom. The summed E-state index contributed by atoms with van der Waals surface area (Å²) in [6.07, 6.45) is 1.87. The van der Waals surface area contributed by atoms with Gasteiger partial charge < -0.3 is 9.72 Å². The molecule has 112 valence electrons. The van der Waals surface area contributed by atoms with Crippen molar-refractivity contribution in [2.24, 2.45) is 11.3 Å². The molecule has 1 saturated carbocycles. The topological polar surface area (TPSA) is 29.3 Å². The van der Waals surface area contributed by atoms with Crippen LogP contribution in [0, 0.1) is 11.3 Å². The molecule has 2 aromatic heterocycles. The number of alkyl halides is 3. The number of hydrogen-bond acceptors (Lipinski definition) is 2. The average Bonchev–Trinajstić information content (AvgIpc) is 2.73. The lowest BCUT2D eigenvalue weighted by Gasteiger charge is -2.54. The zero-order valence-electron chi connectivity index (χ0n) is 11.5. The van der Waals surface area contributed by atoms with E-state index >= 15 is 0 Å². The van der Waals surface area contributed by atoms with Gasteiger partial charge in [-0.15, -0.1) is 0 Å². The molecule has 21 heavy (non-hydrogen) atoms. The Hall–Kier alpha value is -1.56. The highest BCUT2D eigenvalue weighted by Crippen LogP contribution is 2.49. The maximum absolute atomic E-state index is 12.6. The van der Waals surface area contributed by atoms with Crippen LogP contribution in [0.3, 0.4) is 0 Å². The summed E-state index contributed by atoms with van der Waals surface area (Å²) in [6, 6.07) is 3.57. The zero-order chi connectivity index (χ0) is 14.7. The smallest absolute Gasteiger partial charge is 0.316 e. The van der Waals surface area contributed by atoms with Crippen LogP contribution in [0.4, 0.5) is 13.2 Å². The number of rotatable bonds is 2. The maximum atomic E-state index is 12.6. The van der Waals surface area contributed by atoms with Crippen LogP contribution in [0.2, 0.25) is 0 Å². The molecule has 4 rings (SSSR count). The lowest BCUT2D eigenvalue weighted by molar-refractivity contribution is -0.140. The number of fused-ring (bicyclic) bond motifs is 1. The van der Waals surface area contributed by atoms with Gasteiger partial charge in [-0.25, -0.2) is 4.98 Å². The molecule has 1 N–H and O–H groups in total. The van der Waals surface area contributed by atoms with Gasteiger partial charge in [-0.2, -0.15) is 13.2 Å². The van der Waals surface area contributed by atoms with Gasteiger partial charge in [-0.3, -0.25) is 0 Å². The fourth-order valence-corrected chi connectivity index (χ4v) is 3.71. The van der Waals surface area contributed by atoms with Crippen LogP contribution >= 0.6 is 0 Å². The van der Waals surface area contributed by atoms with Gasteiger partial charge in [0.25, 0.3) is 0 Å². The summed E-state index contributed by atoms with van der Waals surface area (Å²) in [5, 5.41) is 3.31. The van der Waals surface area contributed by atoms with E-state index in [1.165, 1.54) is 17.2 Å². The summed E-state index contributed by atoms with van der Waals surface area (Å²) in [5.41, 5.74) is 1.13. The maximum Gasteiger partial charge on any atom is 0.434 e. The van der Waals surface area contributed by atoms with Gasteiger partial charge in [0, 0.05) is 25.5 Å². The first-order valence-electron chi connectivity index (χ1n) is 7.19. The number of pyridine rings is 1. The van der Waals surface area contributed by atoms with Crippen molar-refractivity contribution >= 4 is 5.65 Å². The molecule has 2 aromatic rings. The molecule has 2 fully saturated rings. The van der Waals surface area contributed by atoms with E-state index in [0.29, 0.717) is 17.0 Å². The Balaban J connectivity index is 1.51. The quantitative estimate of drug-likeness (QED) is 0.923. The number of nitrogens with one attached hydrogen (secondary N) is 1. The van der Waals surface area contributed by atoms with Crippen LogP contribution in [0.5, 0.6) is 0 Å². The molecule has 3 nitrogen and oxygen atoms in total. The van der Waals surface area contributed by atoms with Crippen LogP contribution in [-0.4, -0.2) is 22.5 Å². The van der Waals surface area contributed by atoms with E-state index in [-0.39, 0.29) is 0 Å². The minimum atomic E-state index is -4.39. The molecule has 0 amide bonds. The third-order valence-corrected chi connectivity index (χ3v) is 4.77. The molecular formula is C15H16F3N3. The second-order valence-electron chi connectivity index (χ2n) is 6.51. The minimum absolute atomic E-state index is 0.347. The lowest BCUT2D eigenvalue weighted by Crippen LogP contribution is -2.60. The second-order valence-corrected chi connectivity index (χ2v) is 6.51. The molecule has 6 heteroatoms. The Morgan fingerprint density at radius 3 is 2.62 bits per heavy atom. The standard InChI is InChI=1S/C15H16F3N3/c16-15(17,18)12-7-21-6-10(1-2-13(21)20-12)3-11-4-14(5-11)8-19-9-14/h1-2,6-7,11,19H,3-5,8-9H2. The van der Waals surface area contributed by atoms with E-state index < -0.39 is 11.9 Å². The first kappa shape index (κ1) is 13.1. The summed E-state index contributed by atoms with van der Waals surface area (Å²) in [5.74, 6) is 0.662. The third-order valence-electron chi connectivity index (χ3n) is 4.77. The molecule has 1 aliphatic carbocycles. The summed E-state index contributed by atoms with van der Waals surface area (Å²) in [4.78, 5) is 3.61. The van der Waals surface area contributed by atoms with Crippen LogP contribution in [0.15, 0.2) is 24.5 Å². The highest BCUT2D eigenvalue weighted by molar-refractivity contribution is 5.42. The summed E-state index contributed by atoms with van der Waals surface area (Å²) < 4.78 is 39.4. The minimum Gasteiger partial charge on any atom is -0.316 e. The summed E-state index contributed by atoms with van der Waals surface area (Å²) >= 11 is 0. The van der Waals surface area contributed by atoms with Gasteiger partial charge in [-0.05, 0) is 42.2 Å². The second kappa shape index (κ2) is 4.22. The van der Waals surface area contributed by atoms with E-state index in [2.05, 4.69) is 10.3 Å². The number of imidazole rings is 1. The molecule has 2 aliphatic rings. The number of hydrogen-bond donors (Lipinski definition) is 1. The van der Waals surface area contributed by atoms with Gasteiger partial charge in [0.1, 0.15) is 5.65 Å². The number of aromatic nitrogens is 2. The van der Waals surface area contributed by atoms with Gasteiger partial charge in [0.2, 0.25) is 0 Å². The summed E-state index contributed by atoms with van der Waals surface area (Å²) in [7, 11) is 0. The lowest BCUT2D eigenvalue weighted by atomic mass is 9.57. The van der Waals surface area contributed by atoms with Crippen molar-refractivity contribution in [3.63, 3.8) is 0 Å². The fourth-order valence-electron chi connectivity index (χ4n) is 3.71. The molecule has 0 unspecified atom stereocenters. The predicted octanol–water partition coefficient (Wildman–Crippen LogP) is 2.90. The number of nitrogens with zero attached hydrogens (tertiary/aromatic N) is 2. The molecule has 0 aromatic carbocycles. The van der Waals surface area contributed by atoms with Crippen LogP contribution in [0.25, 0.3) is 5.65 Å². The van der Waals surface area contributed by atoms with E-state index in [1.54, 1.807) is 12.3 Å². The van der Waals surface area contributed by atoms with E-state index in [4.69, 9.17) is 0 Å². The Morgan fingerprint density at radius 1 is 1.24 bits per heavy atom. The van der Waals surface area contributed by atoms with E-state index in [1.807, 2.05) is 6.07 Å². The molecule has 1 saturated heterocycles. The van der Waals surface area contributed by atoms with E-state index in [9.17, 15) is 13.2 Å². The third kappa shape index (κ3) is 2.21. The number of halogens is 3. The van der Waals surface area contributed by atoms with Crippen molar-refractivity contribution in [1.82, 2.24) is 14.7 Å². The van der Waals surface area contributed by atoms with Crippen molar-refractivity contribution in [2.75, 3.05) is 13.1 Å². The monoisotopic (exact) mass is 295 g/mol. The first-order valence-corrected chi connectivity index (χ1v) is 7.19. The molecule has 0 atom stereocenters. The van der Waals surface area contributed by atoms with E-state index in [0.717, 1.165) is 31.3 Å². The highest BCUT2D eigenvalue weighted by Gasteiger charge is 2.47. The van der Waals surface area contributed by atoms with Gasteiger partial charge >= 0.3 is 6.18 Å². The van der Waals surface area contributed by atoms with Crippen molar-refractivity contribution in [2.45, 2.75) is 25.4 Å². The highest BCUT2D eigenvalue weighted by atomic mass is 19.4. The normalized spacial score (nSPS) is 21.5. The Labute approximate surface area is 120 Å². The Bertz CT molecular complexity index is 677. The van der Waals surface area contributed by atoms with Crippen LogP contribution in [-0.2, 0) is 12.6 Å². The Kier molecular flexibility index (Phi) is 2.64. The largest absolute Gasteiger partial charge is 0.434 e. The molecule has 1 spiro atoms. The van der Waals surface area contributed by atoms with Crippen molar-refractivity contribution in [1.29, 1.82) is 0 Å². The zero-order valence-corrected chi connectivity index (χ0v) is 11.5. The summed E-state index contributed by atoms with van der Waals surface area (Å²) in [6.45, 7) is 2.25. The molecular weight excluding hydrogens is 279 g/mol. The van der Waals surface area contributed by atoms with Gasteiger partial charge in [0.05, 0.1) is 0 Å². The van der Waals surface area contributed by atoms with Crippen molar-refractivity contribution in [3.8, 4) is 0 Å². The van der Waals surface area contributed by atoms with Crippen LogP contribution < -0.4 is 5.32 Å². The SMILES string of the molecule is FC(F)(F)c1cn2cc(CC3CC4(CNC4)C3)ccc2n1. The van der Waals surface area contributed by atoms with Crippen LogP contribution in [0.1, 0.15) is 24.1 Å². The fraction of sp³-hybridized carbons (Fsp3) is 0.533. The molecule has 0 bridgehead atoms. The van der Waals surface area contributed by atoms with Gasteiger partial charge in [0.15, 0.2) is 5.69 Å². The van der Waals surface area contributed by atoms with Crippen molar-refractivity contribution in [3.05, 3.63) is 35.8 Å². The van der Waals surface area contributed by atoms with Crippen molar-refractivity contribution < 1.29 is 13.2 Å². The average molecular weight is 295 g/mol. The predicted molar refractivity (Wildman–Crippen MR) is 71.9 cm³/mol. The molecule has 0 radical (unpaired) electrons.